The van der Waals surface area contributed by atoms with Crippen LogP contribution in [0.25, 0.3) is 10.1 Å². The van der Waals surface area contributed by atoms with Gasteiger partial charge in [-0.1, -0.05) is 35.9 Å². The molecule has 102 valence electrons. The molecular weight excluding hydrogens is 304 g/mol. The van der Waals surface area contributed by atoms with Crippen LogP contribution in [-0.4, -0.2) is 10.8 Å². The Hall–Kier alpha value is -2.22. The predicted molar refractivity (Wildman–Crippen MR) is 83.8 cm³/mol. The van der Waals surface area contributed by atoms with Gasteiger partial charge in [0.1, 0.15) is 0 Å². The van der Waals surface area contributed by atoms with Crippen molar-refractivity contribution in [2.75, 3.05) is 0 Å². The van der Waals surface area contributed by atoms with Crippen molar-refractivity contribution in [2.24, 2.45) is 0 Å². The average molecular weight is 313 g/mol. The Labute approximate surface area is 130 Å². The summed E-state index contributed by atoms with van der Waals surface area (Å²) in [6, 6.07) is 14.7. The highest BCUT2D eigenvalue weighted by Gasteiger charge is 2.27. The molecule has 21 heavy (non-hydrogen) atoms. The lowest BCUT2D eigenvalue weighted by Crippen LogP contribution is -2.11. The maximum absolute atomic E-state index is 12.6. The van der Waals surface area contributed by atoms with E-state index in [1.807, 2.05) is 30.3 Å². The van der Waals surface area contributed by atoms with Crippen LogP contribution in [0.2, 0.25) is 5.02 Å². The number of fused-ring (bicyclic) bond motifs is 1. The number of aromatic nitrogens is 1. The molecule has 0 aliphatic carbocycles. The molecule has 3 nitrogen and oxygen atoms in total. The molecule has 0 spiro atoms. The van der Waals surface area contributed by atoms with E-state index in [1.54, 1.807) is 24.4 Å². The first-order chi connectivity index (χ1) is 10.2. The van der Waals surface area contributed by atoms with Crippen LogP contribution in [0.15, 0.2) is 48.7 Å². The molecule has 0 saturated carbocycles. The van der Waals surface area contributed by atoms with Crippen molar-refractivity contribution in [1.82, 2.24) is 4.98 Å². The molecule has 0 amide bonds. The maximum atomic E-state index is 12.6. The van der Waals surface area contributed by atoms with Crippen molar-refractivity contribution < 1.29 is 4.79 Å². The molecule has 0 radical (unpaired) electrons. The van der Waals surface area contributed by atoms with E-state index in [-0.39, 0.29) is 5.78 Å². The van der Waals surface area contributed by atoms with Crippen LogP contribution < -0.4 is 0 Å². The third-order valence-corrected chi connectivity index (χ3v) is 4.82. The van der Waals surface area contributed by atoms with E-state index in [0.717, 1.165) is 10.1 Å². The van der Waals surface area contributed by atoms with E-state index in [2.05, 4.69) is 4.98 Å². The zero-order valence-electron chi connectivity index (χ0n) is 10.8. The van der Waals surface area contributed by atoms with Crippen LogP contribution in [0, 0.1) is 11.3 Å². The van der Waals surface area contributed by atoms with Crippen LogP contribution in [0.3, 0.4) is 0 Å². The first-order valence-electron chi connectivity index (χ1n) is 6.24. The highest BCUT2D eigenvalue weighted by molar-refractivity contribution is 7.21. The van der Waals surface area contributed by atoms with Gasteiger partial charge in [-0.2, -0.15) is 5.26 Å². The second-order valence-corrected chi connectivity index (χ2v) is 5.85. The molecule has 1 unspecified atom stereocenters. The lowest BCUT2D eigenvalue weighted by atomic mass is 10.00. The Balaban J connectivity index is 2.08. The van der Waals surface area contributed by atoms with Gasteiger partial charge < -0.3 is 0 Å². The average Bonchev–Trinajstić information content (AvgIpc) is 2.87. The lowest BCUT2D eigenvalue weighted by molar-refractivity contribution is 0.0981. The van der Waals surface area contributed by atoms with Crippen LogP contribution in [-0.2, 0) is 0 Å². The molecule has 0 bridgehead atoms. The fraction of sp³-hybridized carbons (Fsp3) is 0.0625. The number of hydrogen-bond acceptors (Lipinski definition) is 4. The predicted octanol–water partition coefficient (Wildman–Crippen LogP) is 4.44. The van der Waals surface area contributed by atoms with E-state index in [4.69, 9.17) is 11.6 Å². The highest BCUT2D eigenvalue weighted by Crippen LogP contribution is 2.37. The van der Waals surface area contributed by atoms with Crippen LogP contribution in [0.4, 0.5) is 0 Å². The largest absolute Gasteiger partial charge is 0.291 e. The Kier molecular flexibility index (Phi) is 3.70. The molecule has 2 aromatic heterocycles. The molecule has 0 N–H and O–H groups in total. The molecule has 1 atom stereocenters. The summed E-state index contributed by atoms with van der Waals surface area (Å²) in [6.07, 6.45) is 1.57. The Morgan fingerprint density at radius 1 is 1.24 bits per heavy atom. The number of pyridine rings is 1. The van der Waals surface area contributed by atoms with Gasteiger partial charge in [0.2, 0.25) is 0 Å². The number of benzene rings is 1. The summed E-state index contributed by atoms with van der Waals surface area (Å²) in [5, 5.41) is 10.6. The van der Waals surface area contributed by atoms with Gasteiger partial charge in [-0.3, -0.25) is 9.78 Å². The number of nitriles is 1. The van der Waals surface area contributed by atoms with Crippen LogP contribution >= 0.6 is 22.9 Å². The van der Waals surface area contributed by atoms with Crippen molar-refractivity contribution in [1.29, 1.82) is 5.26 Å². The second-order valence-electron chi connectivity index (χ2n) is 4.42. The fourth-order valence-electron chi connectivity index (χ4n) is 2.11. The minimum atomic E-state index is -0.934. The van der Waals surface area contributed by atoms with Gasteiger partial charge in [-0.05, 0) is 18.2 Å². The van der Waals surface area contributed by atoms with E-state index in [1.165, 1.54) is 11.3 Å². The Morgan fingerprint density at radius 2 is 2.00 bits per heavy atom. The molecule has 2 heterocycles. The Morgan fingerprint density at radius 3 is 2.67 bits per heavy atom. The molecule has 1 aromatic carbocycles. The number of hydrogen-bond donors (Lipinski definition) is 0. The molecule has 0 aliphatic heterocycles. The van der Waals surface area contributed by atoms with Crippen molar-refractivity contribution in [3.63, 3.8) is 0 Å². The lowest BCUT2D eigenvalue weighted by Gasteiger charge is -2.06. The standard InChI is InChI=1S/C16H9ClN2OS/c17-14-10-5-1-2-7-13(10)21-16(14)15(20)11(9-18)12-6-3-4-8-19-12/h1-8,11H. The van der Waals surface area contributed by atoms with Gasteiger partial charge in [0.15, 0.2) is 11.7 Å². The minimum absolute atomic E-state index is 0.303. The molecule has 0 aliphatic rings. The molecule has 0 fully saturated rings. The number of carbonyl (C=O) groups excluding carboxylic acids is 1. The number of carbonyl (C=O) groups is 1. The van der Waals surface area contributed by atoms with E-state index in [9.17, 15) is 10.1 Å². The van der Waals surface area contributed by atoms with Gasteiger partial charge in [0, 0.05) is 16.3 Å². The quantitative estimate of drug-likeness (QED) is 0.672. The number of rotatable bonds is 3. The van der Waals surface area contributed by atoms with Gasteiger partial charge in [0.05, 0.1) is 21.7 Å². The monoisotopic (exact) mass is 312 g/mol. The highest BCUT2D eigenvalue weighted by atomic mass is 35.5. The maximum Gasteiger partial charge on any atom is 0.197 e. The summed E-state index contributed by atoms with van der Waals surface area (Å²) < 4.78 is 0.934. The first kappa shape index (κ1) is 13.7. The summed E-state index contributed by atoms with van der Waals surface area (Å²) >= 11 is 7.61. The van der Waals surface area contributed by atoms with E-state index >= 15 is 0 Å². The fourth-order valence-corrected chi connectivity index (χ4v) is 3.60. The summed E-state index contributed by atoms with van der Waals surface area (Å²) in [7, 11) is 0. The normalized spacial score (nSPS) is 12.0. The van der Waals surface area contributed by atoms with Crippen LogP contribution in [0.5, 0.6) is 0 Å². The van der Waals surface area contributed by atoms with E-state index in [0.29, 0.717) is 15.6 Å². The number of halogens is 1. The molecule has 3 rings (SSSR count). The summed E-state index contributed by atoms with van der Waals surface area (Å²) in [4.78, 5) is 17.1. The number of ketones is 1. The Bertz CT molecular complexity index is 852. The SMILES string of the molecule is N#CC(C(=O)c1sc2ccccc2c1Cl)c1ccccn1. The first-order valence-corrected chi connectivity index (χ1v) is 7.43. The number of thiophene rings is 1. The third kappa shape index (κ3) is 2.42. The van der Waals surface area contributed by atoms with Gasteiger partial charge in [0.25, 0.3) is 0 Å². The summed E-state index contributed by atoms with van der Waals surface area (Å²) in [6.45, 7) is 0. The molecule has 0 saturated heterocycles. The van der Waals surface area contributed by atoms with Gasteiger partial charge in [-0.15, -0.1) is 11.3 Å². The number of Topliss-reactive ketones (excluding diaryl/α,β-unsaturated/α-hetero) is 1. The van der Waals surface area contributed by atoms with Crippen molar-refractivity contribution >= 4 is 38.8 Å². The van der Waals surface area contributed by atoms with Gasteiger partial charge in [-0.25, -0.2) is 0 Å². The summed E-state index contributed by atoms with van der Waals surface area (Å²) in [5.74, 6) is -1.24. The van der Waals surface area contributed by atoms with Crippen molar-refractivity contribution in [2.45, 2.75) is 5.92 Å². The third-order valence-electron chi connectivity index (χ3n) is 3.13. The zero-order chi connectivity index (χ0) is 14.8. The molecule has 5 heteroatoms. The zero-order valence-corrected chi connectivity index (χ0v) is 12.4. The van der Waals surface area contributed by atoms with Crippen LogP contribution in [0.1, 0.15) is 21.3 Å². The van der Waals surface area contributed by atoms with Crippen molar-refractivity contribution in [3.05, 3.63) is 64.3 Å². The second kappa shape index (κ2) is 5.65. The minimum Gasteiger partial charge on any atom is -0.291 e. The van der Waals surface area contributed by atoms with Crippen molar-refractivity contribution in [3.8, 4) is 6.07 Å². The molecular formula is C16H9ClN2OS. The van der Waals surface area contributed by atoms with E-state index < -0.39 is 5.92 Å². The molecule has 3 aromatic rings. The smallest absolute Gasteiger partial charge is 0.197 e. The topological polar surface area (TPSA) is 53.8 Å². The number of nitrogens with zero attached hydrogens (tertiary/aromatic N) is 2. The summed E-state index contributed by atoms with van der Waals surface area (Å²) in [5.41, 5.74) is 0.443. The van der Waals surface area contributed by atoms with Gasteiger partial charge >= 0.3 is 0 Å².